The van der Waals surface area contributed by atoms with Crippen LogP contribution in [0.2, 0.25) is 0 Å². The summed E-state index contributed by atoms with van der Waals surface area (Å²) in [6, 6.07) is 0. The van der Waals surface area contributed by atoms with Gasteiger partial charge in [0.2, 0.25) is 0 Å². The predicted octanol–water partition coefficient (Wildman–Crippen LogP) is 3.15. The third-order valence-electron chi connectivity index (χ3n) is 5.04. The second-order valence-electron chi connectivity index (χ2n) is 6.87. The van der Waals surface area contributed by atoms with Crippen molar-refractivity contribution in [2.24, 2.45) is 4.99 Å². The molecular weight excluding hydrogens is 460 g/mol. The zero-order valence-corrected chi connectivity index (χ0v) is 17.9. The van der Waals surface area contributed by atoms with E-state index in [9.17, 15) is 13.2 Å². The summed E-state index contributed by atoms with van der Waals surface area (Å²) >= 11 is 0. The fourth-order valence-corrected chi connectivity index (χ4v) is 3.71. The first-order chi connectivity index (χ1) is 12.0. The Morgan fingerprint density at radius 3 is 2.35 bits per heavy atom. The highest BCUT2D eigenvalue weighted by Crippen LogP contribution is 2.34. The average Bonchev–Trinajstić information content (AvgIpc) is 2.60. The van der Waals surface area contributed by atoms with Crippen molar-refractivity contribution in [3.8, 4) is 0 Å². The number of alkyl halides is 3. The molecule has 2 aliphatic rings. The monoisotopic (exact) mass is 492 g/mol. The van der Waals surface area contributed by atoms with Gasteiger partial charge >= 0.3 is 6.18 Å². The zero-order valence-electron chi connectivity index (χ0n) is 15.5. The minimum absolute atomic E-state index is 0. The summed E-state index contributed by atoms with van der Waals surface area (Å²) in [5.41, 5.74) is 0.0222. The lowest BCUT2D eigenvalue weighted by atomic mass is 9.80. The first kappa shape index (κ1) is 23.7. The van der Waals surface area contributed by atoms with Gasteiger partial charge in [-0.25, -0.2) is 0 Å². The van der Waals surface area contributed by atoms with Crippen molar-refractivity contribution in [2.45, 2.75) is 57.2 Å². The maximum atomic E-state index is 12.4. The molecule has 154 valence electrons. The van der Waals surface area contributed by atoms with E-state index in [2.05, 4.69) is 20.5 Å². The third kappa shape index (κ3) is 7.75. The van der Waals surface area contributed by atoms with Gasteiger partial charge in [0.25, 0.3) is 0 Å². The first-order valence-electron chi connectivity index (χ1n) is 9.37. The zero-order chi connectivity index (χ0) is 18.2. The van der Waals surface area contributed by atoms with Gasteiger partial charge in [0.15, 0.2) is 5.96 Å². The third-order valence-corrected chi connectivity index (χ3v) is 5.04. The number of aliphatic imine (C=N–C) groups is 1. The Morgan fingerprint density at radius 2 is 1.77 bits per heavy atom. The maximum Gasteiger partial charge on any atom is 0.390 e. The van der Waals surface area contributed by atoms with Crippen molar-refractivity contribution >= 4 is 29.9 Å². The van der Waals surface area contributed by atoms with E-state index in [0.29, 0.717) is 19.0 Å². The van der Waals surface area contributed by atoms with E-state index in [1.54, 1.807) is 0 Å². The number of nitrogens with zero attached hydrogens (tertiary/aromatic N) is 2. The van der Waals surface area contributed by atoms with Gasteiger partial charge in [-0.1, -0.05) is 19.3 Å². The molecular formula is C17H32F3IN4O. The molecule has 2 fully saturated rings. The molecule has 0 radical (unpaired) electrons. The van der Waals surface area contributed by atoms with Crippen LogP contribution in [0.5, 0.6) is 0 Å². The summed E-state index contributed by atoms with van der Waals surface area (Å²) in [5, 5.41) is 5.87. The number of guanidine groups is 1. The van der Waals surface area contributed by atoms with Gasteiger partial charge in [0.1, 0.15) is 0 Å². The Morgan fingerprint density at radius 1 is 1.12 bits per heavy atom. The standard InChI is InChI=1S/C17H31F3N4O.HI/c1-2-21-15(22-9-8-17(18,19)20)23-14-16(6-4-3-5-7-16)24-10-12-25-13-11-24;/h2-14H2,1H3,(H2,21,22,23);1H. The molecule has 0 bridgehead atoms. The quantitative estimate of drug-likeness (QED) is 0.340. The molecule has 1 aliphatic heterocycles. The van der Waals surface area contributed by atoms with Crippen molar-refractivity contribution in [3.05, 3.63) is 0 Å². The molecule has 2 rings (SSSR count). The molecule has 1 aliphatic carbocycles. The summed E-state index contributed by atoms with van der Waals surface area (Å²) in [4.78, 5) is 7.13. The van der Waals surface area contributed by atoms with Crippen LogP contribution in [0.25, 0.3) is 0 Å². The lowest BCUT2D eigenvalue weighted by molar-refractivity contribution is -0.132. The maximum absolute atomic E-state index is 12.4. The molecule has 1 saturated carbocycles. The van der Waals surface area contributed by atoms with E-state index in [1.807, 2.05) is 6.92 Å². The normalized spacial score (nSPS) is 21.8. The number of morpholine rings is 1. The van der Waals surface area contributed by atoms with Crippen LogP contribution < -0.4 is 10.6 Å². The molecule has 2 N–H and O–H groups in total. The molecule has 0 aromatic carbocycles. The van der Waals surface area contributed by atoms with Crippen LogP contribution in [-0.4, -0.2) is 68.5 Å². The van der Waals surface area contributed by atoms with Crippen molar-refractivity contribution in [3.63, 3.8) is 0 Å². The van der Waals surface area contributed by atoms with E-state index >= 15 is 0 Å². The summed E-state index contributed by atoms with van der Waals surface area (Å²) in [6.07, 6.45) is 0.807. The highest BCUT2D eigenvalue weighted by Gasteiger charge is 2.38. The molecule has 1 heterocycles. The number of rotatable bonds is 6. The molecule has 5 nitrogen and oxygen atoms in total. The van der Waals surface area contributed by atoms with Crippen molar-refractivity contribution in [1.82, 2.24) is 15.5 Å². The Bertz CT molecular complexity index is 423. The Balaban J connectivity index is 0.00000338. The number of hydrogen-bond acceptors (Lipinski definition) is 3. The number of halogens is 4. The number of nitrogens with one attached hydrogen (secondary N) is 2. The van der Waals surface area contributed by atoms with Gasteiger partial charge in [-0.15, -0.1) is 24.0 Å². The van der Waals surface area contributed by atoms with Gasteiger partial charge in [-0.3, -0.25) is 9.89 Å². The summed E-state index contributed by atoms with van der Waals surface area (Å²) in [6.45, 7) is 6.32. The Kier molecular flexibility index (Phi) is 10.5. The summed E-state index contributed by atoms with van der Waals surface area (Å²) in [7, 11) is 0. The molecule has 0 amide bonds. The van der Waals surface area contributed by atoms with Crippen LogP contribution >= 0.6 is 24.0 Å². The molecule has 0 unspecified atom stereocenters. The second-order valence-corrected chi connectivity index (χ2v) is 6.87. The number of ether oxygens (including phenoxy) is 1. The lowest BCUT2D eigenvalue weighted by Gasteiger charge is -2.47. The minimum atomic E-state index is -4.15. The smallest absolute Gasteiger partial charge is 0.379 e. The SMILES string of the molecule is CCNC(=NCC1(N2CCOCC2)CCCCC1)NCCC(F)(F)F.I. The van der Waals surface area contributed by atoms with Crippen molar-refractivity contribution in [2.75, 3.05) is 45.9 Å². The summed E-state index contributed by atoms with van der Waals surface area (Å²) in [5.74, 6) is 0.477. The fraction of sp³-hybridized carbons (Fsp3) is 0.941. The van der Waals surface area contributed by atoms with Crippen LogP contribution in [0.3, 0.4) is 0 Å². The fourth-order valence-electron chi connectivity index (χ4n) is 3.71. The Labute approximate surface area is 171 Å². The predicted molar refractivity (Wildman–Crippen MR) is 108 cm³/mol. The van der Waals surface area contributed by atoms with E-state index in [1.165, 1.54) is 19.3 Å². The van der Waals surface area contributed by atoms with Crippen molar-refractivity contribution in [1.29, 1.82) is 0 Å². The molecule has 0 aromatic heterocycles. The average molecular weight is 492 g/mol. The minimum Gasteiger partial charge on any atom is -0.379 e. The van der Waals surface area contributed by atoms with Gasteiger partial charge in [-0.2, -0.15) is 13.2 Å². The summed E-state index contributed by atoms with van der Waals surface area (Å²) < 4.78 is 42.5. The Hall–Kier alpha value is -0.290. The van der Waals surface area contributed by atoms with E-state index in [0.717, 1.165) is 39.1 Å². The molecule has 9 heteroatoms. The van der Waals surface area contributed by atoms with Crippen LogP contribution in [0.1, 0.15) is 45.4 Å². The lowest BCUT2D eigenvalue weighted by Crippen LogP contribution is -2.56. The number of hydrogen-bond donors (Lipinski definition) is 2. The molecule has 1 saturated heterocycles. The molecule has 26 heavy (non-hydrogen) atoms. The molecule has 0 atom stereocenters. The van der Waals surface area contributed by atoms with Gasteiger partial charge in [0.05, 0.1) is 26.2 Å². The topological polar surface area (TPSA) is 48.9 Å². The highest BCUT2D eigenvalue weighted by atomic mass is 127. The van der Waals surface area contributed by atoms with Crippen LogP contribution in [0.15, 0.2) is 4.99 Å². The molecule has 0 spiro atoms. The van der Waals surface area contributed by atoms with Crippen LogP contribution in [0, 0.1) is 0 Å². The van der Waals surface area contributed by atoms with E-state index < -0.39 is 12.6 Å². The highest BCUT2D eigenvalue weighted by molar-refractivity contribution is 14.0. The van der Waals surface area contributed by atoms with Gasteiger partial charge < -0.3 is 15.4 Å². The molecule has 0 aromatic rings. The van der Waals surface area contributed by atoms with Crippen LogP contribution in [0.4, 0.5) is 13.2 Å². The van der Waals surface area contributed by atoms with E-state index in [-0.39, 0.29) is 36.1 Å². The first-order valence-corrected chi connectivity index (χ1v) is 9.37. The van der Waals surface area contributed by atoms with Gasteiger partial charge in [0, 0.05) is 31.7 Å². The second kappa shape index (κ2) is 11.5. The largest absolute Gasteiger partial charge is 0.390 e. The van der Waals surface area contributed by atoms with E-state index in [4.69, 9.17) is 4.74 Å². The van der Waals surface area contributed by atoms with Gasteiger partial charge in [-0.05, 0) is 19.8 Å². The van der Waals surface area contributed by atoms with Crippen molar-refractivity contribution < 1.29 is 17.9 Å². The van der Waals surface area contributed by atoms with Crippen LogP contribution in [-0.2, 0) is 4.74 Å².